The minimum Gasteiger partial charge on any atom is -0.493 e. The molecular formula is C30H37N3O6S. The van der Waals surface area contributed by atoms with Gasteiger partial charge in [-0.05, 0) is 43.2 Å². The van der Waals surface area contributed by atoms with Crippen molar-refractivity contribution >= 4 is 27.5 Å². The van der Waals surface area contributed by atoms with E-state index in [0.717, 1.165) is 22.7 Å². The largest absolute Gasteiger partial charge is 0.493 e. The number of hydrogen-bond acceptors (Lipinski definition) is 6. The Labute approximate surface area is 236 Å². The highest BCUT2D eigenvalue weighted by atomic mass is 32.2. The third kappa shape index (κ3) is 7.53. The van der Waals surface area contributed by atoms with Crippen molar-refractivity contribution in [1.29, 1.82) is 0 Å². The molecule has 0 radical (unpaired) electrons. The molecule has 0 aliphatic heterocycles. The monoisotopic (exact) mass is 567 g/mol. The van der Waals surface area contributed by atoms with Crippen LogP contribution < -0.4 is 19.1 Å². The number of nitrogens with one attached hydrogen (secondary N) is 1. The van der Waals surface area contributed by atoms with Crippen LogP contribution in [0.4, 0.5) is 5.69 Å². The number of rotatable bonds is 14. The van der Waals surface area contributed by atoms with E-state index in [-0.39, 0.29) is 23.1 Å². The summed E-state index contributed by atoms with van der Waals surface area (Å²) in [5.74, 6) is -0.201. The van der Waals surface area contributed by atoms with E-state index in [4.69, 9.17) is 9.47 Å². The summed E-state index contributed by atoms with van der Waals surface area (Å²) in [5, 5.41) is 2.88. The molecule has 1 N–H and O–H groups in total. The quantitative estimate of drug-likeness (QED) is 0.292. The Morgan fingerprint density at radius 3 is 2.12 bits per heavy atom. The number of anilines is 1. The van der Waals surface area contributed by atoms with Gasteiger partial charge in [-0.15, -0.1) is 0 Å². The molecule has 10 heteroatoms. The first-order chi connectivity index (χ1) is 19.2. The van der Waals surface area contributed by atoms with Gasteiger partial charge in [-0.25, -0.2) is 8.42 Å². The molecule has 0 saturated heterocycles. The average molecular weight is 568 g/mol. The van der Waals surface area contributed by atoms with Crippen LogP contribution in [0.2, 0.25) is 0 Å². The summed E-state index contributed by atoms with van der Waals surface area (Å²) in [7, 11) is -1.35. The summed E-state index contributed by atoms with van der Waals surface area (Å²) in [6.45, 7) is 3.80. The molecule has 0 fully saturated rings. The molecule has 0 saturated carbocycles. The molecule has 3 aromatic carbocycles. The van der Waals surface area contributed by atoms with Gasteiger partial charge in [-0.3, -0.25) is 13.9 Å². The van der Waals surface area contributed by atoms with Gasteiger partial charge in [-0.1, -0.05) is 61.9 Å². The SMILES string of the molecule is CCCCNC(=O)C(C)N(Cc1ccccc1)C(=O)CN(c1ccccc1)S(=O)(=O)c1ccc(OC)c(OC)c1. The second-order valence-electron chi connectivity index (χ2n) is 9.19. The summed E-state index contributed by atoms with van der Waals surface area (Å²) >= 11 is 0. The zero-order valence-electron chi connectivity index (χ0n) is 23.4. The first kappa shape index (κ1) is 30.5. The fourth-order valence-electron chi connectivity index (χ4n) is 4.13. The highest BCUT2D eigenvalue weighted by Gasteiger charge is 2.33. The van der Waals surface area contributed by atoms with Gasteiger partial charge < -0.3 is 19.7 Å². The van der Waals surface area contributed by atoms with Crippen molar-refractivity contribution in [3.8, 4) is 11.5 Å². The molecule has 1 atom stereocenters. The van der Waals surface area contributed by atoms with Crippen LogP contribution in [0.5, 0.6) is 11.5 Å². The standard InChI is InChI=1S/C30H37N3O6S/c1-5-6-19-31-30(35)23(2)32(21-24-13-9-7-10-14-24)29(34)22-33(25-15-11-8-12-16-25)40(36,37)26-17-18-27(38-3)28(20-26)39-4/h7-18,20,23H,5-6,19,21-22H2,1-4H3,(H,31,35). The molecule has 3 rings (SSSR count). The fourth-order valence-corrected chi connectivity index (χ4v) is 5.56. The number of methoxy groups -OCH3 is 2. The van der Waals surface area contributed by atoms with Crippen LogP contribution in [-0.4, -0.2) is 58.5 Å². The van der Waals surface area contributed by atoms with E-state index in [2.05, 4.69) is 5.32 Å². The number of unbranched alkanes of at least 4 members (excludes halogenated alkanes) is 1. The first-order valence-electron chi connectivity index (χ1n) is 13.1. The lowest BCUT2D eigenvalue weighted by Crippen LogP contribution is -2.51. The highest BCUT2D eigenvalue weighted by molar-refractivity contribution is 7.92. The Hall–Kier alpha value is -4.05. The summed E-state index contributed by atoms with van der Waals surface area (Å²) in [5.41, 5.74) is 1.13. The predicted molar refractivity (Wildman–Crippen MR) is 155 cm³/mol. The average Bonchev–Trinajstić information content (AvgIpc) is 2.98. The summed E-state index contributed by atoms with van der Waals surface area (Å²) in [4.78, 5) is 28.2. The van der Waals surface area contributed by atoms with E-state index < -0.39 is 28.5 Å². The molecular weight excluding hydrogens is 530 g/mol. The molecule has 214 valence electrons. The Balaban J connectivity index is 2.00. The van der Waals surface area contributed by atoms with Crippen molar-refractivity contribution in [2.24, 2.45) is 0 Å². The molecule has 0 bridgehead atoms. The van der Waals surface area contributed by atoms with Crippen molar-refractivity contribution in [3.63, 3.8) is 0 Å². The van der Waals surface area contributed by atoms with Gasteiger partial charge in [-0.2, -0.15) is 0 Å². The maximum Gasteiger partial charge on any atom is 0.264 e. The third-order valence-electron chi connectivity index (χ3n) is 6.46. The smallest absolute Gasteiger partial charge is 0.264 e. The first-order valence-corrected chi connectivity index (χ1v) is 14.6. The normalized spacial score (nSPS) is 11.8. The molecule has 0 heterocycles. The van der Waals surface area contributed by atoms with Gasteiger partial charge >= 0.3 is 0 Å². The number of ether oxygens (including phenoxy) is 2. The lowest BCUT2D eigenvalue weighted by Gasteiger charge is -2.32. The Kier molecular flexibility index (Phi) is 11.0. The Bertz CT molecular complexity index is 1370. The molecule has 0 aliphatic rings. The predicted octanol–water partition coefficient (Wildman–Crippen LogP) is 4.23. The number of amides is 2. The van der Waals surface area contributed by atoms with Crippen LogP contribution in [0, 0.1) is 0 Å². The topological polar surface area (TPSA) is 105 Å². The van der Waals surface area contributed by atoms with Crippen molar-refractivity contribution < 1.29 is 27.5 Å². The van der Waals surface area contributed by atoms with Gasteiger partial charge in [0.1, 0.15) is 12.6 Å². The number of hydrogen-bond donors (Lipinski definition) is 1. The minimum absolute atomic E-state index is 0.0678. The number of carbonyl (C=O) groups is 2. The zero-order chi connectivity index (χ0) is 29.1. The molecule has 0 aromatic heterocycles. The fraction of sp³-hybridized carbons (Fsp3) is 0.333. The van der Waals surface area contributed by atoms with Crippen molar-refractivity contribution in [2.45, 2.75) is 44.2 Å². The van der Waals surface area contributed by atoms with Gasteiger partial charge in [0.2, 0.25) is 11.8 Å². The van der Waals surface area contributed by atoms with E-state index in [1.807, 2.05) is 37.3 Å². The summed E-state index contributed by atoms with van der Waals surface area (Å²) in [6, 6.07) is 21.1. The Morgan fingerprint density at radius 1 is 0.900 bits per heavy atom. The van der Waals surface area contributed by atoms with E-state index in [9.17, 15) is 18.0 Å². The van der Waals surface area contributed by atoms with Crippen LogP contribution in [0.3, 0.4) is 0 Å². The minimum atomic E-state index is -4.23. The molecule has 3 aromatic rings. The van der Waals surface area contributed by atoms with Gasteiger partial charge in [0, 0.05) is 19.2 Å². The van der Waals surface area contributed by atoms with E-state index in [1.54, 1.807) is 37.3 Å². The Morgan fingerprint density at radius 2 is 1.52 bits per heavy atom. The van der Waals surface area contributed by atoms with Crippen LogP contribution in [-0.2, 0) is 26.2 Å². The third-order valence-corrected chi connectivity index (χ3v) is 8.23. The van der Waals surface area contributed by atoms with E-state index in [0.29, 0.717) is 18.0 Å². The van der Waals surface area contributed by atoms with Crippen molar-refractivity contribution in [1.82, 2.24) is 10.2 Å². The maximum atomic E-state index is 14.0. The molecule has 2 amide bonds. The van der Waals surface area contributed by atoms with Crippen LogP contribution in [0.25, 0.3) is 0 Å². The lowest BCUT2D eigenvalue weighted by molar-refractivity contribution is -0.139. The second-order valence-corrected chi connectivity index (χ2v) is 11.1. The molecule has 0 spiro atoms. The highest BCUT2D eigenvalue weighted by Crippen LogP contribution is 2.32. The van der Waals surface area contributed by atoms with Crippen molar-refractivity contribution in [2.75, 3.05) is 31.6 Å². The van der Waals surface area contributed by atoms with Crippen molar-refractivity contribution in [3.05, 3.63) is 84.4 Å². The number of carbonyl (C=O) groups excluding carboxylic acids is 2. The zero-order valence-corrected chi connectivity index (χ0v) is 24.2. The van der Waals surface area contributed by atoms with E-state index >= 15 is 0 Å². The molecule has 40 heavy (non-hydrogen) atoms. The number of nitrogens with zero attached hydrogens (tertiary/aromatic N) is 2. The molecule has 1 unspecified atom stereocenters. The maximum absolute atomic E-state index is 14.0. The van der Waals surface area contributed by atoms with Crippen LogP contribution in [0.1, 0.15) is 32.3 Å². The molecule has 9 nitrogen and oxygen atoms in total. The van der Waals surface area contributed by atoms with Gasteiger partial charge in [0.05, 0.1) is 24.8 Å². The number of benzene rings is 3. The summed E-state index contributed by atoms with van der Waals surface area (Å²) < 4.78 is 39.6. The summed E-state index contributed by atoms with van der Waals surface area (Å²) in [6.07, 6.45) is 1.73. The van der Waals surface area contributed by atoms with Gasteiger partial charge in [0.25, 0.3) is 10.0 Å². The van der Waals surface area contributed by atoms with Gasteiger partial charge in [0.15, 0.2) is 11.5 Å². The molecule has 0 aliphatic carbocycles. The van der Waals surface area contributed by atoms with Crippen LogP contribution in [0.15, 0.2) is 83.8 Å². The van der Waals surface area contributed by atoms with E-state index in [1.165, 1.54) is 37.3 Å². The lowest BCUT2D eigenvalue weighted by atomic mass is 10.1. The number of sulfonamides is 1. The van der Waals surface area contributed by atoms with Crippen LogP contribution >= 0.6 is 0 Å². The number of para-hydroxylation sites is 1. The second kappa shape index (κ2) is 14.4.